The molecule has 36 heavy (non-hydrogen) atoms. The molecule has 4 atom stereocenters. The number of nitrogens with two attached hydrogens (primary N) is 3. The molecular formula is C23H37N7O6. The second-order valence-electron chi connectivity index (χ2n) is 8.78. The van der Waals surface area contributed by atoms with Gasteiger partial charge in [-0.2, -0.15) is 0 Å². The summed E-state index contributed by atoms with van der Waals surface area (Å²) >= 11 is 0. The lowest BCUT2D eigenvalue weighted by Crippen LogP contribution is -2.57. The van der Waals surface area contributed by atoms with Crippen LogP contribution in [0.2, 0.25) is 0 Å². The molecule has 0 bridgehead atoms. The number of benzene rings is 1. The van der Waals surface area contributed by atoms with Crippen LogP contribution in [-0.2, 0) is 25.6 Å². The first-order valence-corrected chi connectivity index (χ1v) is 11.5. The number of hydrogen-bond acceptors (Lipinski definition) is 7. The Morgan fingerprint density at radius 2 is 1.50 bits per heavy atom. The highest BCUT2D eigenvalue weighted by Gasteiger charge is 2.29. The summed E-state index contributed by atoms with van der Waals surface area (Å²) in [5.74, 6) is -3.41. The second kappa shape index (κ2) is 14.5. The Morgan fingerprint density at radius 3 is 2.03 bits per heavy atom. The molecule has 1 rings (SSSR count). The van der Waals surface area contributed by atoms with Crippen LogP contribution in [-0.4, -0.2) is 70.6 Å². The molecule has 0 fully saturated rings. The molecule has 1 aromatic rings. The Kier molecular flexibility index (Phi) is 12.2. The third-order valence-corrected chi connectivity index (χ3v) is 5.34. The number of amides is 3. The number of carbonyl (C=O) groups excluding carboxylic acids is 3. The maximum atomic E-state index is 13.0. The highest BCUT2D eigenvalue weighted by molar-refractivity contribution is 5.94. The van der Waals surface area contributed by atoms with Crippen molar-refractivity contribution in [2.75, 3.05) is 6.54 Å². The third-order valence-electron chi connectivity index (χ3n) is 5.34. The zero-order valence-electron chi connectivity index (χ0n) is 20.7. The van der Waals surface area contributed by atoms with Crippen LogP contribution in [0.1, 0.15) is 39.2 Å². The van der Waals surface area contributed by atoms with E-state index in [1.165, 1.54) is 19.1 Å². The third kappa shape index (κ3) is 10.6. The Hall–Kier alpha value is -3.87. The molecule has 0 aliphatic heterocycles. The number of carboxylic acids is 1. The second-order valence-corrected chi connectivity index (χ2v) is 8.78. The number of nitrogens with zero attached hydrogens (tertiary/aromatic N) is 1. The molecule has 0 spiro atoms. The molecule has 0 aromatic heterocycles. The summed E-state index contributed by atoms with van der Waals surface area (Å²) in [5, 5.41) is 26.5. The van der Waals surface area contributed by atoms with Crippen LogP contribution in [0.3, 0.4) is 0 Å². The summed E-state index contributed by atoms with van der Waals surface area (Å²) in [5.41, 5.74) is 16.9. The molecule has 13 heteroatoms. The molecule has 0 heterocycles. The molecular weight excluding hydrogens is 470 g/mol. The predicted octanol–water partition coefficient (Wildman–Crippen LogP) is -1.47. The Balaban J connectivity index is 2.97. The standard InChI is InChI=1S/C23H37N7O6/c1-12(2)18(24)21(34)28-13(3)19(32)30-17(11-14-6-8-15(31)9-7-14)20(33)29-16(22(35)36)5-4-10-27-23(25)26/h6-9,12-13,16-18,31H,4-5,10-11,24H2,1-3H3,(H,28,34)(H,29,33)(H,30,32)(H,35,36)(H4,25,26,27). The van der Waals surface area contributed by atoms with Crippen molar-refractivity contribution >= 4 is 29.7 Å². The topological polar surface area (TPSA) is 235 Å². The van der Waals surface area contributed by atoms with Crippen LogP contribution in [0.25, 0.3) is 0 Å². The number of aliphatic imine (C=N–C) groups is 1. The number of carbonyl (C=O) groups is 4. The van der Waals surface area contributed by atoms with E-state index in [2.05, 4.69) is 20.9 Å². The number of nitrogens with one attached hydrogen (secondary N) is 3. The van der Waals surface area contributed by atoms with Gasteiger partial charge in [0.05, 0.1) is 6.04 Å². The van der Waals surface area contributed by atoms with Gasteiger partial charge in [-0.05, 0) is 43.4 Å². The summed E-state index contributed by atoms with van der Waals surface area (Å²) in [6.07, 6.45) is 0.352. The van der Waals surface area contributed by atoms with Gasteiger partial charge in [-0.3, -0.25) is 19.4 Å². The fourth-order valence-electron chi connectivity index (χ4n) is 3.08. The van der Waals surface area contributed by atoms with Crippen LogP contribution in [0, 0.1) is 5.92 Å². The first kappa shape index (κ1) is 30.2. The quantitative estimate of drug-likeness (QED) is 0.0832. The van der Waals surface area contributed by atoms with E-state index in [9.17, 15) is 29.4 Å². The number of aromatic hydroxyl groups is 1. The van der Waals surface area contributed by atoms with E-state index in [1.54, 1.807) is 26.0 Å². The number of carboxylic acid groups (broad SMARTS) is 1. The van der Waals surface area contributed by atoms with Gasteiger partial charge in [0.2, 0.25) is 17.7 Å². The van der Waals surface area contributed by atoms with Crippen LogP contribution in [0.15, 0.2) is 29.3 Å². The molecule has 0 saturated heterocycles. The van der Waals surface area contributed by atoms with E-state index in [0.717, 1.165) is 0 Å². The Bertz CT molecular complexity index is 931. The molecule has 11 N–H and O–H groups in total. The number of phenols is 1. The minimum Gasteiger partial charge on any atom is -0.508 e. The van der Waals surface area contributed by atoms with Crippen molar-refractivity contribution in [3.05, 3.63) is 29.8 Å². The van der Waals surface area contributed by atoms with Crippen molar-refractivity contribution in [1.29, 1.82) is 0 Å². The number of aliphatic carboxylic acids is 1. The largest absolute Gasteiger partial charge is 0.508 e. The lowest BCUT2D eigenvalue weighted by atomic mass is 10.0. The van der Waals surface area contributed by atoms with E-state index in [-0.39, 0.29) is 37.0 Å². The predicted molar refractivity (Wildman–Crippen MR) is 134 cm³/mol. The van der Waals surface area contributed by atoms with Gasteiger partial charge in [0.15, 0.2) is 5.96 Å². The zero-order chi connectivity index (χ0) is 27.4. The molecule has 200 valence electrons. The average Bonchev–Trinajstić information content (AvgIpc) is 2.80. The fourth-order valence-corrected chi connectivity index (χ4v) is 3.08. The highest BCUT2D eigenvalue weighted by atomic mass is 16.4. The molecule has 0 saturated carbocycles. The van der Waals surface area contributed by atoms with Gasteiger partial charge in [0, 0.05) is 13.0 Å². The lowest BCUT2D eigenvalue weighted by molar-refractivity contribution is -0.142. The number of hydrogen-bond donors (Lipinski definition) is 8. The van der Waals surface area contributed by atoms with Gasteiger partial charge in [-0.1, -0.05) is 26.0 Å². The average molecular weight is 508 g/mol. The first-order valence-electron chi connectivity index (χ1n) is 11.5. The van der Waals surface area contributed by atoms with Gasteiger partial charge < -0.3 is 43.4 Å². The fraction of sp³-hybridized carbons (Fsp3) is 0.522. The molecule has 4 unspecified atom stereocenters. The normalized spacial score (nSPS) is 14.1. The van der Waals surface area contributed by atoms with Gasteiger partial charge in [0.1, 0.15) is 23.9 Å². The Labute approximate surface area is 209 Å². The van der Waals surface area contributed by atoms with Crippen molar-refractivity contribution in [1.82, 2.24) is 16.0 Å². The number of phenolic OH excluding ortho intramolecular Hbond substituents is 1. The molecule has 3 amide bonds. The SMILES string of the molecule is CC(NC(=O)C(N)C(C)C)C(=O)NC(Cc1ccc(O)cc1)C(=O)NC(CCCN=C(N)N)C(=O)O. The van der Waals surface area contributed by atoms with Crippen molar-refractivity contribution in [3.8, 4) is 5.75 Å². The molecule has 0 aliphatic carbocycles. The van der Waals surface area contributed by atoms with Crippen LogP contribution >= 0.6 is 0 Å². The van der Waals surface area contributed by atoms with E-state index in [0.29, 0.717) is 12.0 Å². The summed E-state index contributed by atoms with van der Waals surface area (Å²) in [7, 11) is 0. The molecule has 1 aromatic carbocycles. The highest BCUT2D eigenvalue weighted by Crippen LogP contribution is 2.12. The first-order chi connectivity index (χ1) is 16.8. The van der Waals surface area contributed by atoms with Gasteiger partial charge in [-0.25, -0.2) is 4.79 Å². The minimum absolute atomic E-state index is 0.00433. The zero-order valence-corrected chi connectivity index (χ0v) is 20.7. The lowest BCUT2D eigenvalue weighted by Gasteiger charge is -2.24. The molecule has 0 aliphatic rings. The van der Waals surface area contributed by atoms with Crippen molar-refractivity contribution in [2.45, 2.75) is 64.2 Å². The van der Waals surface area contributed by atoms with E-state index < -0.39 is 47.9 Å². The van der Waals surface area contributed by atoms with Crippen LogP contribution in [0.4, 0.5) is 0 Å². The van der Waals surface area contributed by atoms with Crippen molar-refractivity contribution in [3.63, 3.8) is 0 Å². The van der Waals surface area contributed by atoms with Crippen LogP contribution < -0.4 is 33.2 Å². The van der Waals surface area contributed by atoms with E-state index in [1.807, 2.05) is 0 Å². The minimum atomic E-state index is -1.26. The molecule has 13 nitrogen and oxygen atoms in total. The summed E-state index contributed by atoms with van der Waals surface area (Å²) in [6, 6.07) is 1.75. The summed E-state index contributed by atoms with van der Waals surface area (Å²) < 4.78 is 0. The number of rotatable bonds is 14. The van der Waals surface area contributed by atoms with Gasteiger partial charge in [0.25, 0.3) is 0 Å². The Morgan fingerprint density at radius 1 is 0.917 bits per heavy atom. The number of guanidine groups is 1. The smallest absolute Gasteiger partial charge is 0.326 e. The van der Waals surface area contributed by atoms with Gasteiger partial charge >= 0.3 is 5.97 Å². The molecule has 0 radical (unpaired) electrons. The monoisotopic (exact) mass is 507 g/mol. The maximum absolute atomic E-state index is 13.0. The van der Waals surface area contributed by atoms with Gasteiger partial charge in [-0.15, -0.1) is 0 Å². The van der Waals surface area contributed by atoms with Crippen LogP contribution in [0.5, 0.6) is 5.75 Å². The summed E-state index contributed by atoms with van der Waals surface area (Å²) in [4.78, 5) is 53.5. The van der Waals surface area contributed by atoms with E-state index >= 15 is 0 Å². The van der Waals surface area contributed by atoms with Crippen molar-refractivity contribution in [2.24, 2.45) is 28.1 Å². The maximum Gasteiger partial charge on any atom is 0.326 e. The summed E-state index contributed by atoms with van der Waals surface area (Å²) in [6.45, 7) is 5.16. The van der Waals surface area contributed by atoms with Crippen molar-refractivity contribution < 1.29 is 29.4 Å². The van der Waals surface area contributed by atoms with E-state index in [4.69, 9.17) is 17.2 Å².